The lowest BCUT2D eigenvalue weighted by Gasteiger charge is -2.27. The number of carbonyl (C=O) groups excluding carboxylic acids is 2. The van der Waals surface area contributed by atoms with E-state index < -0.39 is 27.9 Å². The molecular formula is C11H13N3O6S. The number of rotatable bonds is 4. The number of nitrogens with one attached hydrogen (secondary N) is 2. The Kier molecular flexibility index (Phi) is 3.83. The first kappa shape index (κ1) is 15.2. The maximum absolute atomic E-state index is 12.1. The highest BCUT2D eigenvalue weighted by atomic mass is 32.2. The fraction of sp³-hybridized carbons (Fsp3) is 0.364. The molecule has 1 aliphatic rings. The van der Waals surface area contributed by atoms with Gasteiger partial charge in [-0.3, -0.25) is 14.5 Å². The molecule has 1 fully saturated rings. The van der Waals surface area contributed by atoms with Crippen molar-refractivity contribution in [3.05, 3.63) is 18.0 Å². The van der Waals surface area contributed by atoms with Gasteiger partial charge in [-0.1, -0.05) is 0 Å². The van der Waals surface area contributed by atoms with Crippen LogP contribution in [-0.2, 0) is 19.6 Å². The average molecular weight is 315 g/mol. The van der Waals surface area contributed by atoms with Crippen molar-refractivity contribution in [3.63, 3.8) is 0 Å². The average Bonchev–Trinajstić information content (AvgIpc) is 2.90. The minimum absolute atomic E-state index is 0.0585. The Morgan fingerprint density at radius 3 is 2.71 bits per heavy atom. The van der Waals surface area contributed by atoms with Crippen molar-refractivity contribution >= 4 is 27.8 Å². The number of imide groups is 1. The molecule has 2 heterocycles. The Balaban J connectivity index is 2.19. The topological polar surface area (TPSA) is 137 Å². The largest absolute Gasteiger partial charge is 0.477 e. The number of carbonyl (C=O) groups is 3. The summed E-state index contributed by atoms with van der Waals surface area (Å²) in [6, 6.07) is -0.0896. The Morgan fingerprint density at radius 1 is 1.48 bits per heavy atom. The van der Waals surface area contributed by atoms with Crippen molar-refractivity contribution in [1.82, 2.24) is 14.6 Å². The second-order valence-corrected chi connectivity index (χ2v) is 6.27. The van der Waals surface area contributed by atoms with Gasteiger partial charge in [-0.25, -0.2) is 13.2 Å². The number of sulfonamides is 1. The number of nitrogens with zero attached hydrogens (tertiary/aromatic N) is 1. The van der Waals surface area contributed by atoms with Gasteiger partial charge in [0.15, 0.2) is 0 Å². The molecule has 2 rings (SSSR count). The Bertz CT molecular complexity index is 707. The fourth-order valence-corrected chi connectivity index (χ4v) is 3.15. The van der Waals surface area contributed by atoms with E-state index in [1.54, 1.807) is 0 Å². The second-order valence-electron chi connectivity index (χ2n) is 4.56. The van der Waals surface area contributed by atoms with Crippen LogP contribution < -0.4 is 4.72 Å². The molecule has 0 spiro atoms. The third-order valence-electron chi connectivity index (χ3n) is 3.14. The third kappa shape index (κ3) is 2.95. The van der Waals surface area contributed by atoms with Gasteiger partial charge in [0.1, 0.15) is 16.6 Å². The van der Waals surface area contributed by atoms with E-state index in [2.05, 4.69) is 9.71 Å². The monoisotopic (exact) mass is 315 g/mol. The van der Waals surface area contributed by atoms with E-state index in [4.69, 9.17) is 5.11 Å². The Labute approximate surface area is 120 Å². The third-order valence-corrected chi connectivity index (χ3v) is 4.60. The highest BCUT2D eigenvalue weighted by Gasteiger charge is 2.35. The summed E-state index contributed by atoms with van der Waals surface area (Å²) < 4.78 is 26.4. The standard InChI is InChI=1S/C11H13N3O6S/c1-14-9(15)3-2-7(10(14)16)13-21(19,20)6-4-8(11(17)18)12-5-6/h4-5,7,12-13H,2-3H2,1H3,(H,17,18). The molecule has 0 radical (unpaired) electrons. The number of amides is 2. The molecule has 1 saturated heterocycles. The lowest BCUT2D eigenvalue weighted by atomic mass is 10.1. The molecule has 2 amide bonds. The molecule has 114 valence electrons. The highest BCUT2D eigenvalue weighted by Crippen LogP contribution is 2.16. The van der Waals surface area contributed by atoms with Crippen molar-refractivity contribution in [1.29, 1.82) is 0 Å². The highest BCUT2D eigenvalue weighted by molar-refractivity contribution is 7.89. The van der Waals surface area contributed by atoms with E-state index in [0.717, 1.165) is 17.2 Å². The van der Waals surface area contributed by atoms with Crippen LogP contribution in [0.15, 0.2) is 17.2 Å². The quantitative estimate of drug-likeness (QED) is 0.618. The maximum Gasteiger partial charge on any atom is 0.352 e. The van der Waals surface area contributed by atoms with E-state index in [0.29, 0.717) is 0 Å². The number of likely N-dealkylation sites (tertiary alicyclic amines) is 1. The predicted molar refractivity (Wildman–Crippen MR) is 68.9 cm³/mol. The molecule has 0 aliphatic carbocycles. The zero-order valence-electron chi connectivity index (χ0n) is 11.0. The molecule has 10 heteroatoms. The number of aromatic nitrogens is 1. The maximum atomic E-state index is 12.1. The van der Waals surface area contributed by atoms with Crippen LogP contribution in [0.25, 0.3) is 0 Å². The molecule has 0 bridgehead atoms. The first-order valence-electron chi connectivity index (χ1n) is 5.97. The number of hydrogen-bond donors (Lipinski definition) is 3. The van der Waals surface area contributed by atoms with Crippen LogP contribution in [0.3, 0.4) is 0 Å². The summed E-state index contributed by atoms with van der Waals surface area (Å²) in [6.07, 6.45) is 1.15. The number of hydrogen-bond acceptors (Lipinski definition) is 5. The smallest absolute Gasteiger partial charge is 0.352 e. The van der Waals surface area contributed by atoms with Crippen LogP contribution in [0.2, 0.25) is 0 Å². The summed E-state index contributed by atoms with van der Waals surface area (Å²) >= 11 is 0. The summed E-state index contributed by atoms with van der Waals surface area (Å²) in [4.78, 5) is 36.8. The summed E-state index contributed by atoms with van der Waals surface area (Å²) in [6.45, 7) is 0. The molecule has 1 aromatic rings. The lowest BCUT2D eigenvalue weighted by Crippen LogP contribution is -2.52. The van der Waals surface area contributed by atoms with Crippen LogP contribution in [0, 0.1) is 0 Å². The Hall–Kier alpha value is -2.20. The number of carboxylic acid groups (broad SMARTS) is 1. The first-order valence-corrected chi connectivity index (χ1v) is 7.45. The van der Waals surface area contributed by atoms with Crippen molar-refractivity contribution < 1.29 is 27.9 Å². The number of aromatic amines is 1. The molecule has 3 N–H and O–H groups in total. The minimum Gasteiger partial charge on any atom is -0.477 e. The van der Waals surface area contributed by atoms with E-state index in [-0.39, 0.29) is 29.3 Å². The van der Waals surface area contributed by atoms with Gasteiger partial charge in [0.2, 0.25) is 21.8 Å². The number of aromatic carboxylic acids is 1. The Morgan fingerprint density at radius 2 is 2.14 bits per heavy atom. The molecule has 1 aliphatic heterocycles. The SMILES string of the molecule is CN1C(=O)CCC(NS(=O)(=O)c2c[nH]c(C(=O)O)c2)C1=O. The van der Waals surface area contributed by atoms with E-state index >= 15 is 0 Å². The summed E-state index contributed by atoms with van der Waals surface area (Å²) in [5.74, 6) is -2.30. The zero-order valence-corrected chi connectivity index (χ0v) is 11.8. The number of likely N-dealkylation sites (N-methyl/N-ethyl adjacent to an activating group) is 1. The number of H-pyrrole nitrogens is 1. The van der Waals surface area contributed by atoms with Gasteiger partial charge in [0, 0.05) is 19.7 Å². The van der Waals surface area contributed by atoms with Gasteiger partial charge >= 0.3 is 5.97 Å². The van der Waals surface area contributed by atoms with Gasteiger partial charge in [-0.15, -0.1) is 0 Å². The molecule has 0 saturated carbocycles. The minimum atomic E-state index is -4.05. The molecule has 1 unspecified atom stereocenters. The van der Waals surface area contributed by atoms with Gasteiger partial charge in [-0.05, 0) is 12.5 Å². The van der Waals surface area contributed by atoms with Crippen LogP contribution in [-0.4, -0.2) is 54.3 Å². The summed E-state index contributed by atoms with van der Waals surface area (Å²) in [7, 11) is -2.77. The van der Waals surface area contributed by atoms with Crippen LogP contribution in [0.5, 0.6) is 0 Å². The normalized spacial score (nSPS) is 19.9. The van der Waals surface area contributed by atoms with Gasteiger partial charge < -0.3 is 10.1 Å². The van der Waals surface area contributed by atoms with Crippen molar-refractivity contribution in [2.45, 2.75) is 23.8 Å². The second kappa shape index (κ2) is 5.30. The molecular weight excluding hydrogens is 302 g/mol. The van der Waals surface area contributed by atoms with E-state index in [1.807, 2.05) is 0 Å². The molecule has 21 heavy (non-hydrogen) atoms. The number of carboxylic acids is 1. The fourth-order valence-electron chi connectivity index (χ4n) is 1.93. The van der Waals surface area contributed by atoms with Crippen molar-refractivity contribution in [2.75, 3.05) is 7.05 Å². The molecule has 0 aromatic carbocycles. The molecule has 1 aromatic heterocycles. The summed E-state index contributed by atoms with van der Waals surface area (Å²) in [5, 5.41) is 8.75. The van der Waals surface area contributed by atoms with Gasteiger partial charge in [0.25, 0.3) is 0 Å². The predicted octanol–water partition coefficient (Wildman–Crippen LogP) is -0.861. The summed E-state index contributed by atoms with van der Waals surface area (Å²) in [5.41, 5.74) is -0.280. The van der Waals surface area contributed by atoms with E-state index in [9.17, 15) is 22.8 Å². The number of piperidine rings is 1. The zero-order chi connectivity index (χ0) is 15.8. The van der Waals surface area contributed by atoms with Gasteiger partial charge in [0.05, 0.1) is 0 Å². The van der Waals surface area contributed by atoms with Crippen molar-refractivity contribution in [3.8, 4) is 0 Å². The first-order chi connectivity index (χ1) is 9.72. The van der Waals surface area contributed by atoms with Crippen molar-refractivity contribution in [2.24, 2.45) is 0 Å². The molecule has 1 atom stereocenters. The van der Waals surface area contributed by atoms with Crippen LogP contribution in [0.1, 0.15) is 23.3 Å². The van der Waals surface area contributed by atoms with E-state index in [1.165, 1.54) is 7.05 Å². The lowest BCUT2D eigenvalue weighted by molar-refractivity contribution is -0.147. The van der Waals surface area contributed by atoms with Crippen LogP contribution >= 0.6 is 0 Å². The van der Waals surface area contributed by atoms with Gasteiger partial charge in [-0.2, -0.15) is 4.72 Å². The molecule has 9 nitrogen and oxygen atoms in total. The van der Waals surface area contributed by atoms with Crippen LogP contribution in [0.4, 0.5) is 0 Å².